The molecule has 0 saturated carbocycles. The maximum atomic E-state index is 4.23. The van der Waals surface area contributed by atoms with E-state index in [9.17, 15) is 0 Å². The molecule has 1 atom stereocenters. The molecule has 2 aromatic rings. The van der Waals surface area contributed by atoms with Gasteiger partial charge in [0.05, 0.1) is 19.6 Å². The van der Waals surface area contributed by atoms with Crippen molar-refractivity contribution in [2.24, 2.45) is 7.05 Å². The molecule has 1 N–H and O–H groups in total. The van der Waals surface area contributed by atoms with E-state index in [4.69, 9.17) is 0 Å². The summed E-state index contributed by atoms with van der Waals surface area (Å²) in [6, 6.07) is 0.216. The van der Waals surface area contributed by atoms with Crippen LogP contribution in [0.2, 0.25) is 0 Å². The summed E-state index contributed by atoms with van der Waals surface area (Å²) in [7, 11) is 1.75. The fraction of sp³-hybridized carbons (Fsp3) is 0.500. The standard InChI is InChI=1S/C8H12N6S/c1-6(8-9-3-4-15-8)10-5-7-11-13-14(2)12-7/h3-4,6,10H,5H2,1-2H3. The maximum Gasteiger partial charge on any atom is 0.188 e. The highest BCUT2D eigenvalue weighted by Crippen LogP contribution is 2.14. The van der Waals surface area contributed by atoms with Crippen molar-refractivity contribution in [1.29, 1.82) is 0 Å². The molecule has 7 heteroatoms. The number of aromatic nitrogens is 5. The van der Waals surface area contributed by atoms with Gasteiger partial charge in [0.2, 0.25) is 0 Å². The van der Waals surface area contributed by atoms with Crippen LogP contribution in [-0.4, -0.2) is 25.2 Å². The summed E-state index contributed by atoms with van der Waals surface area (Å²) in [5.41, 5.74) is 0. The van der Waals surface area contributed by atoms with E-state index in [1.807, 2.05) is 5.38 Å². The number of aryl methyl sites for hydroxylation is 1. The van der Waals surface area contributed by atoms with Crippen molar-refractivity contribution in [3.63, 3.8) is 0 Å². The van der Waals surface area contributed by atoms with Crippen LogP contribution in [0.25, 0.3) is 0 Å². The van der Waals surface area contributed by atoms with Gasteiger partial charge in [-0.1, -0.05) is 0 Å². The highest BCUT2D eigenvalue weighted by Gasteiger charge is 2.08. The molecule has 2 heterocycles. The second-order valence-corrected chi connectivity index (χ2v) is 4.09. The van der Waals surface area contributed by atoms with E-state index in [2.05, 4.69) is 32.6 Å². The van der Waals surface area contributed by atoms with Gasteiger partial charge >= 0.3 is 0 Å². The molecule has 0 fully saturated rings. The summed E-state index contributed by atoms with van der Waals surface area (Å²) < 4.78 is 0. The minimum atomic E-state index is 0.216. The Labute approximate surface area is 91.3 Å². The van der Waals surface area contributed by atoms with Gasteiger partial charge < -0.3 is 5.32 Å². The fourth-order valence-electron chi connectivity index (χ4n) is 1.17. The van der Waals surface area contributed by atoms with E-state index in [0.29, 0.717) is 12.4 Å². The lowest BCUT2D eigenvalue weighted by molar-refractivity contribution is 0.553. The summed E-state index contributed by atoms with van der Waals surface area (Å²) in [5, 5.41) is 18.0. The van der Waals surface area contributed by atoms with E-state index in [-0.39, 0.29) is 6.04 Å². The molecule has 0 spiro atoms. The molecule has 15 heavy (non-hydrogen) atoms. The first-order valence-corrected chi connectivity index (χ1v) is 5.49. The van der Waals surface area contributed by atoms with Gasteiger partial charge in [0.25, 0.3) is 0 Å². The van der Waals surface area contributed by atoms with Crippen molar-refractivity contribution in [2.75, 3.05) is 0 Å². The maximum absolute atomic E-state index is 4.23. The molecule has 2 aromatic heterocycles. The monoisotopic (exact) mass is 224 g/mol. The van der Waals surface area contributed by atoms with Crippen LogP contribution in [0.3, 0.4) is 0 Å². The third-order valence-electron chi connectivity index (χ3n) is 1.94. The second kappa shape index (κ2) is 4.45. The number of nitrogens with zero attached hydrogens (tertiary/aromatic N) is 5. The molecular weight excluding hydrogens is 212 g/mol. The van der Waals surface area contributed by atoms with Gasteiger partial charge in [-0.15, -0.1) is 21.5 Å². The summed E-state index contributed by atoms with van der Waals surface area (Å²) in [4.78, 5) is 5.68. The quantitative estimate of drug-likeness (QED) is 0.820. The van der Waals surface area contributed by atoms with Crippen LogP contribution >= 0.6 is 11.3 Å². The topological polar surface area (TPSA) is 68.5 Å². The van der Waals surface area contributed by atoms with Crippen molar-refractivity contribution in [2.45, 2.75) is 19.5 Å². The zero-order valence-corrected chi connectivity index (χ0v) is 9.40. The predicted molar refractivity (Wildman–Crippen MR) is 56.2 cm³/mol. The van der Waals surface area contributed by atoms with E-state index < -0.39 is 0 Å². The van der Waals surface area contributed by atoms with Gasteiger partial charge in [0, 0.05) is 11.6 Å². The Hall–Kier alpha value is -1.34. The summed E-state index contributed by atoms with van der Waals surface area (Å²) in [5.74, 6) is 0.695. The molecule has 0 amide bonds. The average Bonchev–Trinajstić information content (AvgIpc) is 2.84. The smallest absolute Gasteiger partial charge is 0.188 e. The van der Waals surface area contributed by atoms with Crippen LogP contribution in [0.5, 0.6) is 0 Å². The predicted octanol–water partition coefficient (Wildman–Crippen LogP) is 0.517. The van der Waals surface area contributed by atoms with Crippen molar-refractivity contribution < 1.29 is 0 Å². The number of hydrogen-bond donors (Lipinski definition) is 1. The van der Waals surface area contributed by atoms with E-state index in [0.717, 1.165) is 5.01 Å². The van der Waals surface area contributed by atoms with Gasteiger partial charge in [0.15, 0.2) is 5.82 Å². The Bertz CT molecular complexity index is 408. The molecule has 80 valence electrons. The lowest BCUT2D eigenvalue weighted by Crippen LogP contribution is -2.18. The van der Waals surface area contributed by atoms with Gasteiger partial charge in [-0.3, -0.25) is 0 Å². The van der Waals surface area contributed by atoms with Gasteiger partial charge in [-0.05, 0) is 12.1 Å². The Kier molecular flexibility index (Phi) is 3.02. The van der Waals surface area contributed by atoms with E-state index in [1.54, 1.807) is 24.6 Å². The third-order valence-corrected chi connectivity index (χ3v) is 2.90. The number of thiazole rings is 1. The fourth-order valence-corrected chi connectivity index (χ4v) is 1.84. The zero-order valence-electron chi connectivity index (χ0n) is 8.58. The Morgan fingerprint density at radius 1 is 1.60 bits per heavy atom. The first-order valence-electron chi connectivity index (χ1n) is 4.61. The SMILES string of the molecule is CC(NCc1nnn(C)n1)c1nccs1. The highest BCUT2D eigenvalue weighted by molar-refractivity contribution is 7.09. The van der Waals surface area contributed by atoms with E-state index in [1.165, 1.54) is 4.80 Å². The van der Waals surface area contributed by atoms with Gasteiger partial charge in [-0.25, -0.2) is 4.98 Å². The van der Waals surface area contributed by atoms with Crippen LogP contribution in [0.15, 0.2) is 11.6 Å². The first kappa shape index (κ1) is 10.2. The largest absolute Gasteiger partial charge is 0.301 e. The molecule has 0 radical (unpaired) electrons. The number of hydrogen-bond acceptors (Lipinski definition) is 6. The lowest BCUT2D eigenvalue weighted by Gasteiger charge is -2.08. The molecule has 0 aliphatic carbocycles. The van der Waals surface area contributed by atoms with Crippen molar-refractivity contribution in [1.82, 2.24) is 30.5 Å². The highest BCUT2D eigenvalue weighted by atomic mass is 32.1. The van der Waals surface area contributed by atoms with Crippen molar-refractivity contribution in [3.8, 4) is 0 Å². The summed E-state index contributed by atoms with van der Waals surface area (Å²) in [6.45, 7) is 2.67. The van der Waals surface area contributed by atoms with E-state index >= 15 is 0 Å². The van der Waals surface area contributed by atoms with Crippen LogP contribution in [0, 0.1) is 0 Å². The molecule has 0 aliphatic rings. The minimum absolute atomic E-state index is 0.216. The zero-order chi connectivity index (χ0) is 10.7. The van der Waals surface area contributed by atoms with Crippen LogP contribution in [-0.2, 0) is 13.6 Å². The van der Waals surface area contributed by atoms with Crippen LogP contribution < -0.4 is 5.32 Å². The molecular formula is C8H12N6S. The number of nitrogens with one attached hydrogen (secondary N) is 1. The second-order valence-electron chi connectivity index (χ2n) is 3.17. The lowest BCUT2D eigenvalue weighted by atomic mass is 10.3. The normalized spacial score (nSPS) is 12.9. The molecule has 2 rings (SSSR count). The van der Waals surface area contributed by atoms with Gasteiger partial charge in [-0.2, -0.15) is 4.80 Å². The molecule has 0 bridgehead atoms. The van der Waals surface area contributed by atoms with Crippen LogP contribution in [0.4, 0.5) is 0 Å². The number of tetrazole rings is 1. The Balaban J connectivity index is 1.88. The first-order chi connectivity index (χ1) is 7.25. The summed E-state index contributed by atoms with van der Waals surface area (Å²) >= 11 is 1.64. The molecule has 6 nitrogen and oxygen atoms in total. The summed E-state index contributed by atoms with van der Waals surface area (Å²) in [6.07, 6.45) is 1.80. The Morgan fingerprint density at radius 2 is 2.47 bits per heavy atom. The minimum Gasteiger partial charge on any atom is -0.301 e. The average molecular weight is 224 g/mol. The Morgan fingerprint density at radius 3 is 3.07 bits per heavy atom. The molecule has 0 saturated heterocycles. The van der Waals surface area contributed by atoms with Crippen molar-refractivity contribution in [3.05, 3.63) is 22.4 Å². The van der Waals surface area contributed by atoms with Crippen LogP contribution in [0.1, 0.15) is 23.8 Å². The molecule has 1 unspecified atom stereocenters. The van der Waals surface area contributed by atoms with Gasteiger partial charge in [0.1, 0.15) is 5.01 Å². The number of rotatable bonds is 4. The third kappa shape index (κ3) is 2.57. The molecule has 0 aliphatic heterocycles. The van der Waals surface area contributed by atoms with Crippen molar-refractivity contribution >= 4 is 11.3 Å². The molecule has 0 aromatic carbocycles.